The van der Waals surface area contributed by atoms with E-state index in [2.05, 4.69) is 0 Å². The van der Waals surface area contributed by atoms with E-state index in [1.165, 1.54) is 11.8 Å². The SMILES string of the molecule is COCCN1C(=O)C(=Cc2cn(-c3ccccc3)nc2-c2cc3ccccc3o2)SC1=S. The van der Waals surface area contributed by atoms with Crippen molar-refractivity contribution in [3.63, 3.8) is 0 Å². The molecule has 0 spiro atoms. The molecule has 6 nitrogen and oxygen atoms in total. The predicted octanol–water partition coefficient (Wildman–Crippen LogP) is 5.13. The van der Waals surface area contributed by atoms with E-state index in [-0.39, 0.29) is 5.91 Å². The number of carbonyl (C=O) groups is 1. The molecule has 2 aromatic heterocycles. The Bertz CT molecular complexity index is 1310. The van der Waals surface area contributed by atoms with Crippen LogP contribution >= 0.6 is 24.0 Å². The van der Waals surface area contributed by atoms with Crippen LogP contribution in [-0.4, -0.2) is 45.2 Å². The van der Waals surface area contributed by atoms with Gasteiger partial charge in [-0.25, -0.2) is 4.68 Å². The number of benzene rings is 2. The molecule has 0 saturated carbocycles. The highest BCUT2D eigenvalue weighted by atomic mass is 32.2. The molecular weight excluding hydrogens is 442 g/mol. The highest BCUT2D eigenvalue weighted by Crippen LogP contribution is 2.36. The molecule has 0 radical (unpaired) electrons. The molecule has 32 heavy (non-hydrogen) atoms. The van der Waals surface area contributed by atoms with Gasteiger partial charge in [-0.05, 0) is 30.3 Å². The quantitative estimate of drug-likeness (QED) is 0.293. The lowest BCUT2D eigenvalue weighted by Gasteiger charge is -2.12. The van der Waals surface area contributed by atoms with Gasteiger partial charge in [0, 0.05) is 24.3 Å². The zero-order valence-corrected chi connectivity index (χ0v) is 18.9. The Kier molecular flexibility index (Phi) is 5.65. The lowest BCUT2D eigenvalue weighted by atomic mass is 10.1. The predicted molar refractivity (Wildman–Crippen MR) is 131 cm³/mol. The van der Waals surface area contributed by atoms with E-state index in [4.69, 9.17) is 26.5 Å². The minimum Gasteiger partial charge on any atom is -0.454 e. The van der Waals surface area contributed by atoms with Gasteiger partial charge in [0.1, 0.15) is 15.6 Å². The van der Waals surface area contributed by atoms with Gasteiger partial charge in [0.05, 0.1) is 23.7 Å². The average Bonchev–Trinajstić information content (AvgIpc) is 3.49. The molecular formula is C24H19N3O3S2. The van der Waals surface area contributed by atoms with Gasteiger partial charge < -0.3 is 9.15 Å². The number of fused-ring (bicyclic) bond motifs is 1. The fraction of sp³-hybridized carbons (Fsp3) is 0.125. The number of carbonyl (C=O) groups excluding carboxylic acids is 1. The van der Waals surface area contributed by atoms with Gasteiger partial charge in [-0.3, -0.25) is 9.69 Å². The Hall–Kier alpha value is -3.20. The number of hydrogen-bond donors (Lipinski definition) is 0. The van der Waals surface area contributed by atoms with Crippen molar-refractivity contribution < 1.29 is 13.9 Å². The summed E-state index contributed by atoms with van der Waals surface area (Å²) in [6.45, 7) is 0.855. The Labute approximate surface area is 194 Å². The lowest BCUT2D eigenvalue weighted by molar-refractivity contribution is -0.122. The maximum Gasteiger partial charge on any atom is 0.266 e. The summed E-state index contributed by atoms with van der Waals surface area (Å²) >= 11 is 6.69. The summed E-state index contributed by atoms with van der Waals surface area (Å²) in [6, 6.07) is 19.6. The monoisotopic (exact) mass is 461 g/mol. The zero-order chi connectivity index (χ0) is 22.1. The summed E-state index contributed by atoms with van der Waals surface area (Å²) in [4.78, 5) is 15.1. The van der Waals surface area contributed by atoms with E-state index in [0.717, 1.165) is 22.2 Å². The Morgan fingerprint density at radius 1 is 1.16 bits per heavy atom. The fourth-order valence-corrected chi connectivity index (χ4v) is 4.81. The van der Waals surface area contributed by atoms with E-state index < -0.39 is 0 Å². The van der Waals surface area contributed by atoms with E-state index in [0.29, 0.717) is 33.8 Å². The molecule has 0 aliphatic carbocycles. The molecule has 0 atom stereocenters. The van der Waals surface area contributed by atoms with Crippen molar-refractivity contribution in [1.82, 2.24) is 14.7 Å². The van der Waals surface area contributed by atoms with Crippen molar-refractivity contribution in [1.29, 1.82) is 0 Å². The maximum atomic E-state index is 12.9. The Balaban J connectivity index is 1.59. The summed E-state index contributed by atoms with van der Waals surface area (Å²) in [5, 5.41) is 5.79. The number of ether oxygens (including phenoxy) is 1. The lowest BCUT2D eigenvalue weighted by Crippen LogP contribution is -2.31. The first kappa shape index (κ1) is 20.7. The largest absolute Gasteiger partial charge is 0.454 e. The highest BCUT2D eigenvalue weighted by molar-refractivity contribution is 8.26. The van der Waals surface area contributed by atoms with Crippen LogP contribution in [0.5, 0.6) is 0 Å². The van der Waals surface area contributed by atoms with Gasteiger partial charge in [-0.1, -0.05) is 60.4 Å². The van der Waals surface area contributed by atoms with Crippen LogP contribution in [0.1, 0.15) is 5.56 Å². The van der Waals surface area contributed by atoms with Crippen molar-refractivity contribution in [3.8, 4) is 17.1 Å². The third kappa shape index (κ3) is 3.88. The molecule has 1 aliphatic heterocycles. The van der Waals surface area contributed by atoms with Crippen LogP contribution in [0.15, 0.2) is 76.2 Å². The third-order valence-electron chi connectivity index (χ3n) is 5.10. The molecule has 0 unspecified atom stereocenters. The van der Waals surface area contributed by atoms with Crippen LogP contribution in [0, 0.1) is 0 Å². The normalized spacial score (nSPS) is 15.4. The van der Waals surface area contributed by atoms with Gasteiger partial charge in [0.2, 0.25) is 0 Å². The van der Waals surface area contributed by atoms with Crippen LogP contribution < -0.4 is 0 Å². The standard InChI is InChI=1S/C24H19N3O3S2/c1-29-12-11-26-23(28)21(32-24(26)31)14-17-15-27(18-8-3-2-4-9-18)25-22(17)20-13-16-7-5-6-10-19(16)30-20/h2-10,13-15H,11-12H2,1H3. The molecule has 1 saturated heterocycles. The molecule has 1 aliphatic rings. The molecule has 4 aromatic rings. The Morgan fingerprint density at radius 3 is 2.72 bits per heavy atom. The number of methoxy groups -OCH3 is 1. The van der Waals surface area contributed by atoms with Crippen LogP contribution in [0.3, 0.4) is 0 Å². The summed E-state index contributed by atoms with van der Waals surface area (Å²) in [7, 11) is 1.60. The summed E-state index contributed by atoms with van der Waals surface area (Å²) in [5.41, 5.74) is 3.14. The molecule has 0 bridgehead atoms. The fourth-order valence-electron chi connectivity index (χ4n) is 3.51. The topological polar surface area (TPSA) is 60.5 Å². The number of amides is 1. The molecule has 1 amide bonds. The van der Waals surface area contributed by atoms with Crippen molar-refractivity contribution >= 4 is 51.3 Å². The van der Waals surface area contributed by atoms with Crippen LogP contribution in [0.2, 0.25) is 0 Å². The van der Waals surface area contributed by atoms with E-state index >= 15 is 0 Å². The average molecular weight is 462 g/mol. The molecule has 5 rings (SSSR count). The summed E-state index contributed by atoms with van der Waals surface area (Å²) in [6.07, 6.45) is 3.74. The number of thiocarbonyl (C=S) groups is 1. The first-order chi connectivity index (χ1) is 15.6. The molecule has 160 valence electrons. The number of para-hydroxylation sites is 2. The molecule has 3 heterocycles. The second-order valence-electron chi connectivity index (χ2n) is 7.19. The molecule has 1 fully saturated rings. The smallest absolute Gasteiger partial charge is 0.266 e. The summed E-state index contributed by atoms with van der Waals surface area (Å²) in [5.74, 6) is 0.516. The molecule has 0 N–H and O–H groups in total. The van der Waals surface area contributed by atoms with Gasteiger partial charge in [0.15, 0.2) is 5.76 Å². The Morgan fingerprint density at radius 2 is 1.94 bits per heavy atom. The van der Waals surface area contributed by atoms with Crippen LogP contribution in [0.25, 0.3) is 34.2 Å². The second-order valence-corrected chi connectivity index (χ2v) is 8.86. The van der Waals surface area contributed by atoms with Gasteiger partial charge in [-0.2, -0.15) is 5.10 Å². The van der Waals surface area contributed by atoms with E-state index in [1.807, 2.05) is 72.9 Å². The number of thioether (sulfide) groups is 1. The zero-order valence-electron chi connectivity index (χ0n) is 17.2. The van der Waals surface area contributed by atoms with Crippen LogP contribution in [-0.2, 0) is 9.53 Å². The minimum atomic E-state index is -0.125. The highest BCUT2D eigenvalue weighted by Gasteiger charge is 2.32. The minimum absolute atomic E-state index is 0.125. The van der Waals surface area contributed by atoms with Gasteiger partial charge in [-0.15, -0.1) is 0 Å². The van der Waals surface area contributed by atoms with Gasteiger partial charge >= 0.3 is 0 Å². The van der Waals surface area contributed by atoms with E-state index in [9.17, 15) is 4.79 Å². The number of hydrogen-bond acceptors (Lipinski definition) is 6. The number of nitrogens with zero attached hydrogens (tertiary/aromatic N) is 3. The van der Waals surface area contributed by atoms with Crippen molar-refractivity contribution in [2.75, 3.05) is 20.3 Å². The van der Waals surface area contributed by atoms with Crippen LogP contribution in [0.4, 0.5) is 0 Å². The molecule has 8 heteroatoms. The van der Waals surface area contributed by atoms with Crippen molar-refractivity contribution in [3.05, 3.63) is 77.3 Å². The number of furan rings is 1. The molecule has 2 aromatic carbocycles. The van der Waals surface area contributed by atoms with Gasteiger partial charge in [0.25, 0.3) is 5.91 Å². The van der Waals surface area contributed by atoms with Crippen molar-refractivity contribution in [2.24, 2.45) is 0 Å². The van der Waals surface area contributed by atoms with E-state index in [1.54, 1.807) is 16.7 Å². The first-order valence-corrected chi connectivity index (χ1v) is 11.2. The number of aromatic nitrogens is 2. The number of rotatable bonds is 6. The third-order valence-corrected chi connectivity index (χ3v) is 6.48. The maximum absolute atomic E-state index is 12.9. The second kappa shape index (κ2) is 8.74. The first-order valence-electron chi connectivity index (χ1n) is 10.0. The summed E-state index contributed by atoms with van der Waals surface area (Å²) < 4.78 is 13.5. The van der Waals surface area contributed by atoms with Crippen molar-refractivity contribution in [2.45, 2.75) is 0 Å².